The highest BCUT2D eigenvalue weighted by molar-refractivity contribution is 6.29. The number of aryl methyl sites for hydroxylation is 1. The Hall–Kier alpha value is -4.32. The summed E-state index contributed by atoms with van der Waals surface area (Å²) in [6.07, 6.45) is 1.48. The van der Waals surface area contributed by atoms with E-state index < -0.39 is 17.6 Å². The summed E-state index contributed by atoms with van der Waals surface area (Å²) in [5.41, 5.74) is 1.49. The molecule has 4 aromatic heterocycles. The van der Waals surface area contributed by atoms with Crippen molar-refractivity contribution in [2.45, 2.75) is 19.9 Å². The van der Waals surface area contributed by atoms with Crippen LogP contribution < -0.4 is 16.5 Å². The Bertz CT molecular complexity index is 1700. The van der Waals surface area contributed by atoms with Crippen molar-refractivity contribution in [1.29, 1.82) is 0 Å². The van der Waals surface area contributed by atoms with Crippen LogP contribution in [0.5, 0.6) is 0 Å². The summed E-state index contributed by atoms with van der Waals surface area (Å²) in [5.74, 6) is -1.06. The molecule has 0 spiro atoms. The third kappa shape index (κ3) is 4.08. The molecule has 178 valence electrons. The second-order valence-corrected chi connectivity index (χ2v) is 8.20. The summed E-state index contributed by atoms with van der Waals surface area (Å²) < 4.78 is 25.3. The molecule has 13 heteroatoms. The van der Waals surface area contributed by atoms with Crippen LogP contribution in [0.25, 0.3) is 33.9 Å². The number of nitrogens with zero attached hydrogens (tertiary/aromatic N) is 5. The average Bonchev–Trinajstić information content (AvgIpc) is 3.45. The Labute approximate surface area is 200 Å². The van der Waals surface area contributed by atoms with Crippen LogP contribution in [0, 0.1) is 12.7 Å². The van der Waals surface area contributed by atoms with Crippen molar-refractivity contribution in [3.8, 4) is 23.0 Å². The molecular weight excluding hydrogens is 481 g/mol. The van der Waals surface area contributed by atoms with Crippen LogP contribution in [0.15, 0.2) is 49.0 Å². The zero-order valence-corrected chi connectivity index (χ0v) is 19.3. The molecule has 5 rings (SSSR count). The van der Waals surface area contributed by atoms with E-state index in [0.717, 1.165) is 6.07 Å². The minimum atomic E-state index is -0.759. The van der Waals surface area contributed by atoms with Crippen molar-refractivity contribution in [2.75, 3.05) is 5.32 Å². The Morgan fingerprint density at radius 3 is 2.74 bits per heavy atom. The summed E-state index contributed by atoms with van der Waals surface area (Å²) in [6, 6.07) is 4.99. The molecule has 35 heavy (non-hydrogen) atoms. The molecule has 0 saturated carbocycles. The first-order valence-electron chi connectivity index (χ1n) is 10.3. The molecule has 0 fully saturated rings. The predicted octanol–water partition coefficient (Wildman–Crippen LogP) is 3.60. The SMILES string of the molecule is Cc1c(-c2cnn(C)n2)oc2c([C@@H](C)Nc3ccc(Cl)nc3-c3noc(=O)[nH]3)cc(F)cc2c1=O. The van der Waals surface area contributed by atoms with Gasteiger partial charge in [0.1, 0.15) is 27.9 Å². The molecule has 11 nitrogen and oxygen atoms in total. The zero-order valence-electron chi connectivity index (χ0n) is 18.6. The van der Waals surface area contributed by atoms with Gasteiger partial charge >= 0.3 is 5.76 Å². The first-order chi connectivity index (χ1) is 16.7. The van der Waals surface area contributed by atoms with Gasteiger partial charge in [-0.3, -0.25) is 14.3 Å². The lowest BCUT2D eigenvalue weighted by atomic mass is 10.0. The number of rotatable bonds is 5. The highest BCUT2D eigenvalue weighted by atomic mass is 35.5. The van der Waals surface area contributed by atoms with E-state index >= 15 is 0 Å². The molecule has 1 aromatic carbocycles. The highest BCUT2D eigenvalue weighted by Crippen LogP contribution is 2.33. The molecule has 4 heterocycles. The number of nitrogens with one attached hydrogen (secondary N) is 2. The van der Waals surface area contributed by atoms with Gasteiger partial charge in [0, 0.05) is 18.2 Å². The monoisotopic (exact) mass is 497 g/mol. The van der Waals surface area contributed by atoms with Gasteiger partial charge < -0.3 is 9.73 Å². The van der Waals surface area contributed by atoms with E-state index in [9.17, 15) is 14.0 Å². The Morgan fingerprint density at radius 1 is 1.26 bits per heavy atom. The number of hydrogen-bond donors (Lipinski definition) is 2. The average molecular weight is 498 g/mol. The van der Waals surface area contributed by atoms with Gasteiger partial charge in [-0.1, -0.05) is 16.8 Å². The number of H-pyrrole nitrogens is 1. The van der Waals surface area contributed by atoms with Crippen LogP contribution in [0.2, 0.25) is 5.15 Å². The quantitative estimate of drug-likeness (QED) is 0.348. The molecule has 0 saturated heterocycles. The number of halogens is 2. The van der Waals surface area contributed by atoms with Gasteiger partial charge in [-0.15, -0.1) is 0 Å². The largest absolute Gasteiger partial charge is 0.453 e. The van der Waals surface area contributed by atoms with Gasteiger partial charge in [-0.05, 0) is 38.1 Å². The van der Waals surface area contributed by atoms with Crippen LogP contribution >= 0.6 is 11.6 Å². The van der Waals surface area contributed by atoms with Gasteiger partial charge in [0.05, 0.1) is 23.3 Å². The lowest BCUT2D eigenvalue weighted by Gasteiger charge is -2.19. The van der Waals surface area contributed by atoms with Crippen molar-refractivity contribution in [2.24, 2.45) is 7.05 Å². The first-order valence-corrected chi connectivity index (χ1v) is 10.7. The van der Waals surface area contributed by atoms with Gasteiger partial charge in [-0.25, -0.2) is 14.2 Å². The standard InChI is InChI=1S/C22H17ClFN7O4/c1-9-18(32)13-7-11(24)6-12(20(13)34-19(9)15-8-25-31(3)29-15)10(2)26-14-4-5-16(23)27-17(14)21-28-22(33)35-30-21/h4-8,10,26H,1-3H3,(H,28,30,33)/t10-/m1/s1. The normalized spacial score (nSPS) is 12.3. The minimum absolute atomic E-state index is 0.0587. The van der Waals surface area contributed by atoms with Gasteiger partial charge in [-0.2, -0.15) is 15.0 Å². The molecule has 5 aromatic rings. The minimum Gasteiger partial charge on any atom is -0.453 e. The molecular formula is C22H17ClFN7O4. The Morgan fingerprint density at radius 2 is 2.06 bits per heavy atom. The number of fused-ring (bicyclic) bond motifs is 1. The van der Waals surface area contributed by atoms with Gasteiger partial charge in [0.25, 0.3) is 0 Å². The Kier molecular flexibility index (Phi) is 5.44. The molecule has 0 aliphatic rings. The third-order valence-electron chi connectivity index (χ3n) is 5.41. The van der Waals surface area contributed by atoms with Crippen molar-refractivity contribution in [3.63, 3.8) is 0 Å². The smallest absolute Gasteiger partial charge is 0.439 e. The van der Waals surface area contributed by atoms with Crippen LogP contribution in [-0.2, 0) is 7.05 Å². The maximum absolute atomic E-state index is 14.6. The number of hydrogen-bond acceptors (Lipinski definition) is 9. The second kappa shape index (κ2) is 8.47. The molecule has 0 aliphatic heterocycles. The van der Waals surface area contributed by atoms with E-state index in [4.69, 9.17) is 16.0 Å². The van der Waals surface area contributed by atoms with Gasteiger partial charge in [0.2, 0.25) is 5.82 Å². The second-order valence-electron chi connectivity index (χ2n) is 7.82. The maximum Gasteiger partial charge on any atom is 0.439 e. The molecule has 0 radical (unpaired) electrons. The number of anilines is 1. The van der Waals surface area contributed by atoms with E-state index in [1.54, 1.807) is 27.0 Å². The van der Waals surface area contributed by atoms with Crippen LogP contribution in [0.4, 0.5) is 10.1 Å². The highest BCUT2D eigenvalue weighted by Gasteiger charge is 2.22. The molecule has 0 amide bonds. The summed E-state index contributed by atoms with van der Waals surface area (Å²) in [5, 5.41) is 15.4. The van der Waals surface area contributed by atoms with E-state index in [0.29, 0.717) is 16.9 Å². The first kappa shape index (κ1) is 22.5. The zero-order chi connectivity index (χ0) is 24.9. The number of benzene rings is 1. The van der Waals surface area contributed by atoms with Crippen molar-refractivity contribution in [3.05, 3.63) is 73.3 Å². The van der Waals surface area contributed by atoms with Crippen LogP contribution in [-0.4, -0.2) is 30.1 Å². The van der Waals surface area contributed by atoms with Gasteiger partial charge in [0.15, 0.2) is 11.2 Å². The number of pyridine rings is 1. The lowest BCUT2D eigenvalue weighted by molar-refractivity contribution is 0.388. The Balaban J connectivity index is 1.64. The maximum atomic E-state index is 14.6. The summed E-state index contributed by atoms with van der Waals surface area (Å²) in [6.45, 7) is 3.34. The predicted molar refractivity (Wildman–Crippen MR) is 125 cm³/mol. The third-order valence-corrected chi connectivity index (χ3v) is 5.62. The van der Waals surface area contributed by atoms with E-state index in [2.05, 4.69) is 35.2 Å². The lowest BCUT2D eigenvalue weighted by Crippen LogP contribution is -2.13. The number of aromatic amines is 1. The molecule has 2 N–H and O–H groups in total. The molecule has 1 atom stereocenters. The topological polar surface area (TPSA) is 145 Å². The van der Waals surface area contributed by atoms with Crippen molar-refractivity contribution in [1.82, 2.24) is 30.1 Å². The summed E-state index contributed by atoms with van der Waals surface area (Å²) in [7, 11) is 1.64. The molecule has 0 aliphatic carbocycles. The van der Waals surface area contributed by atoms with Crippen LogP contribution in [0.1, 0.15) is 24.1 Å². The van der Waals surface area contributed by atoms with Crippen molar-refractivity contribution >= 4 is 28.3 Å². The summed E-state index contributed by atoms with van der Waals surface area (Å²) >= 11 is 6.03. The fourth-order valence-electron chi connectivity index (χ4n) is 3.77. The van der Waals surface area contributed by atoms with Crippen molar-refractivity contribution < 1.29 is 13.3 Å². The fraction of sp³-hybridized carbons (Fsp3) is 0.182. The van der Waals surface area contributed by atoms with E-state index in [1.807, 2.05) is 0 Å². The van der Waals surface area contributed by atoms with E-state index in [-0.39, 0.29) is 44.4 Å². The molecule has 0 bridgehead atoms. The fourth-order valence-corrected chi connectivity index (χ4v) is 3.92. The summed E-state index contributed by atoms with van der Waals surface area (Å²) in [4.78, 5) is 32.5. The van der Waals surface area contributed by atoms with E-state index in [1.165, 1.54) is 23.1 Å². The molecule has 0 unspecified atom stereocenters. The van der Waals surface area contributed by atoms with Crippen LogP contribution in [0.3, 0.4) is 0 Å². The number of aromatic nitrogens is 6.